The smallest absolute Gasteiger partial charge is 0.148 e. The third-order valence-corrected chi connectivity index (χ3v) is 4.43. The van der Waals surface area contributed by atoms with Crippen molar-refractivity contribution in [2.75, 3.05) is 6.54 Å². The molecule has 1 aromatic carbocycles. The summed E-state index contributed by atoms with van der Waals surface area (Å²) in [4.78, 5) is 4.14. The van der Waals surface area contributed by atoms with Crippen molar-refractivity contribution in [2.24, 2.45) is 0 Å². The van der Waals surface area contributed by atoms with Gasteiger partial charge in [-0.2, -0.15) is 0 Å². The van der Waals surface area contributed by atoms with Crippen molar-refractivity contribution in [3.63, 3.8) is 0 Å². The molecule has 1 atom stereocenters. The maximum absolute atomic E-state index is 14.4. The predicted molar refractivity (Wildman–Crippen MR) is 83.6 cm³/mol. The van der Waals surface area contributed by atoms with Crippen molar-refractivity contribution in [1.29, 1.82) is 0 Å². The zero-order chi connectivity index (χ0) is 14.7. The minimum Gasteiger partial charge on any atom is -0.306 e. The van der Waals surface area contributed by atoms with E-state index in [1.807, 2.05) is 19.9 Å². The lowest BCUT2D eigenvalue weighted by Gasteiger charge is -2.21. The molecule has 2 rings (SSSR count). The minimum absolute atomic E-state index is 0.104. The number of hydrogen-bond donors (Lipinski definition) is 1. The average molecular weight is 358 g/mol. The molecule has 0 saturated heterocycles. The fourth-order valence-electron chi connectivity index (χ4n) is 2.13. The molecule has 5 heteroatoms. The summed E-state index contributed by atoms with van der Waals surface area (Å²) in [5.74, 6) is -0.407. The Balaban J connectivity index is 2.55. The largest absolute Gasteiger partial charge is 0.306 e. The number of nitrogens with zero attached hydrogens (tertiary/aromatic N) is 1. The SMILES string of the molecule is CCNC(c1cnccc1C)c1ccc(Br)c(Cl)c1F. The molecular formula is C15H15BrClFN2. The number of benzene rings is 1. The lowest BCUT2D eigenvalue weighted by atomic mass is 9.96. The standard InChI is InChI=1S/C15H15BrClFN2/c1-3-20-15(11-8-19-7-6-9(11)2)10-4-5-12(16)13(17)14(10)18/h4-8,15,20H,3H2,1-2H3. The van der Waals surface area contributed by atoms with Crippen molar-refractivity contribution < 1.29 is 4.39 Å². The van der Waals surface area contributed by atoms with Crippen LogP contribution >= 0.6 is 27.5 Å². The van der Waals surface area contributed by atoms with Gasteiger partial charge in [-0.05, 0) is 52.7 Å². The second-order valence-corrected chi connectivity index (χ2v) is 5.72. The third-order valence-electron chi connectivity index (χ3n) is 3.17. The van der Waals surface area contributed by atoms with E-state index >= 15 is 0 Å². The number of aromatic nitrogens is 1. The van der Waals surface area contributed by atoms with Crippen LogP contribution in [-0.4, -0.2) is 11.5 Å². The average Bonchev–Trinajstić information content (AvgIpc) is 2.44. The fourth-order valence-corrected chi connectivity index (χ4v) is 2.61. The van der Waals surface area contributed by atoms with Gasteiger partial charge in [0.05, 0.1) is 11.1 Å². The Hall–Kier alpha value is -0.970. The summed E-state index contributed by atoms with van der Waals surface area (Å²) in [5.41, 5.74) is 2.53. The van der Waals surface area contributed by atoms with Crippen LogP contribution in [0.25, 0.3) is 0 Å². The molecule has 0 radical (unpaired) electrons. The van der Waals surface area contributed by atoms with E-state index < -0.39 is 5.82 Å². The summed E-state index contributed by atoms with van der Waals surface area (Å²) in [6.45, 7) is 4.68. The number of pyridine rings is 1. The van der Waals surface area contributed by atoms with Crippen LogP contribution in [0.4, 0.5) is 4.39 Å². The molecule has 0 saturated carbocycles. The molecule has 0 aliphatic carbocycles. The highest BCUT2D eigenvalue weighted by molar-refractivity contribution is 9.10. The molecule has 0 bridgehead atoms. The Bertz CT molecular complexity index is 619. The van der Waals surface area contributed by atoms with E-state index in [0.29, 0.717) is 16.6 Å². The summed E-state index contributed by atoms with van der Waals surface area (Å²) in [6.07, 6.45) is 3.49. The zero-order valence-corrected chi connectivity index (χ0v) is 13.6. The summed E-state index contributed by atoms with van der Waals surface area (Å²) < 4.78 is 15.0. The normalized spacial score (nSPS) is 12.4. The first kappa shape index (κ1) is 15.4. The number of aryl methyl sites for hydroxylation is 1. The quantitative estimate of drug-likeness (QED) is 0.806. The van der Waals surface area contributed by atoms with Gasteiger partial charge in [-0.3, -0.25) is 4.98 Å². The van der Waals surface area contributed by atoms with Crippen LogP contribution in [0.15, 0.2) is 35.1 Å². The Morgan fingerprint density at radius 2 is 2.10 bits per heavy atom. The summed E-state index contributed by atoms with van der Waals surface area (Å²) in [6, 6.07) is 5.15. The van der Waals surface area contributed by atoms with E-state index in [0.717, 1.165) is 11.1 Å². The molecule has 0 aliphatic heterocycles. The van der Waals surface area contributed by atoms with Crippen LogP contribution in [0.3, 0.4) is 0 Å². The molecule has 20 heavy (non-hydrogen) atoms. The van der Waals surface area contributed by atoms with E-state index in [4.69, 9.17) is 11.6 Å². The molecule has 106 valence electrons. The molecule has 0 spiro atoms. The highest BCUT2D eigenvalue weighted by atomic mass is 79.9. The van der Waals surface area contributed by atoms with Gasteiger partial charge in [0.1, 0.15) is 5.82 Å². The first-order chi connectivity index (χ1) is 9.56. The van der Waals surface area contributed by atoms with Crippen LogP contribution in [0.5, 0.6) is 0 Å². The van der Waals surface area contributed by atoms with Crippen LogP contribution in [0, 0.1) is 12.7 Å². The van der Waals surface area contributed by atoms with Crippen LogP contribution in [-0.2, 0) is 0 Å². The highest BCUT2D eigenvalue weighted by Gasteiger charge is 2.21. The van der Waals surface area contributed by atoms with E-state index in [1.54, 1.807) is 24.5 Å². The van der Waals surface area contributed by atoms with Crippen LogP contribution in [0.2, 0.25) is 5.02 Å². The Morgan fingerprint density at radius 3 is 2.75 bits per heavy atom. The van der Waals surface area contributed by atoms with Gasteiger partial charge < -0.3 is 5.32 Å². The van der Waals surface area contributed by atoms with E-state index in [-0.39, 0.29) is 11.1 Å². The van der Waals surface area contributed by atoms with Crippen molar-refractivity contribution in [1.82, 2.24) is 10.3 Å². The molecular weight excluding hydrogens is 343 g/mol. The molecule has 2 aromatic rings. The van der Waals surface area contributed by atoms with E-state index in [2.05, 4.69) is 26.2 Å². The number of nitrogens with one attached hydrogen (secondary N) is 1. The maximum Gasteiger partial charge on any atom is 0.148 e. The van der Waals surface area contributed by atoms with Gasteiger partial charge in [0, 0.05) is 22.4 Å². The van der Waals surface area contributed by atoms with Crippen LogP contribution in [0.1, 0.15) is 29.7 Å². The van der Waals surface area contributed by atoms with Gasteiger partial charge in [0.2, 0.25) is 0 Å². The molecule has 1 heterocycles. The molecule has 0 amide bonds. The van der Waals surface area contributed by atoms with Gasteiger partial charge in [-0.15, -0.1) is 0 Å². The fraction of sp³-hybridized carbons (Fsp3) is 0.267. The highest BCUT2D eigenvalue weighted by Crippen LogP contribution is 2.33. The minimum atomic E-state index is -0.407. The van der Waals surface area contributed by atoms with Crippen LogP contribution < -0.4 is 5.32 Å². The van der Waals surface area contributed by atoms with Gasteiger partial charge in [-0.25, -0.2) is 4.39 Å². The van der Waals surface area contributed by atoms with E-state index in [1.165, 1.54) is 0 Å². The monoisotopic (exact) mass is 356 g/mol. The lowest BCUT2D eigenvalue weighted by molar-refractivity contribution is 0.556. The topological polar surface area (TPSA) is 24.9 Å². The number of halogens is 3. The predicted octanol–water partition coefficient (Wildman–Crippen LogP) is 4.64. The molecule has 0 fully saturated rings. The van der Waals surface area contributed by atoms with Gasteiger partial charge in [0.15, 0.2) is 0 Å². The molecule has 1 aromatic heterocycles. The van der Waals surface area contributed by atoms with Gasteiger partial charge >= 0.3 is 0 Å². The number of hydrogen-bond acceptors (Lipinski definition) is 2. The zero-order valence-electron chi connectivity index (χ0n) is 11.3. The molecule has 1 N–H and O–H groups in total. The summed E-state index contributed by atoms with van der Waals surface area (Å²) in [5, 5.41) is 3.39. The first-order valence-corrected chi connectivity index (χ1v) is 7.50. The summed E-state index contributed by atoms with van der Waals surface area (Å²) >= 11 is 9.22. The van der Waals surface area contributed by atoms with E-state index in [9.17, 15) is 4.39 Å². The Morgan fingerprint density at radius 1 is 1.35 bits per heavy atom. The second-order valence-electron chi connectivity index (χ2n) is 4.49. The third kappa shape index (κ3) is 3.03. The van der Waals surface area contributed by atoms with Crippen molar-refractivity contribution in [3.8, 4) is 0 Å². The maximum atomic E-state index is 14.4. The molecule has 1 unspecified atom stereocenters. The number of rotatable bonds is 4. The lowest BCUT2D eigenvalue weighted by Crippen LogP contribution is -2.24. The Kier molecular flexibility index (Phi) is 5.13. The van der Waals surface area contributed by atoms with Gasteiger partial charge in [0.25, 0.3) is 0 Å². The van der Waals surface area contributed by atoms with Crippen molar-refractivity contribution in [2.45, 2.75) is 19.9 Å². The van der Waals surface area contributed by atoms with Crippen molar-refractivity contribution in [3.05, 3.63) is 62.6 Å². The van der Waals surface area contributed by atoms with Crippen molar-refractivity contribution >= 4 is 27.5 Å². The Labute approximate surface area is 131 Å². The molecule has 0 aliphatic rings. The molecule has 2 nitrogen and oxygen atoms in total. The first-order valence-electron chi connectivity index (χ1n) is 6.33. The summed E-state index contributed by atoms with van der Waals surface area (Å²) in [7, 11) is 0. The second kappa shape index (κ2) is 6.66. The van der Waals surface area contributed by atoms with Gasteiger partial charge in [-0.1, -0.05) is 24.6 Å².